The average Bonchev–Trinajstić information content (AvgIpc) is 2.03. The molecule has 0 aromatic heterocycles. The maximum atomic E-state index is 10.1. The fraction of sp³-hybridized carbons (Fsp3) is 0.250. The molecule has 4 nitrogen and oxygen atoms in total. The van der Waals surface area contributed by atoms with Gasteiger partial charge in [0.25, 0.3) is 0 Å². The van der Waals surface area contributed by atoms with Crippen LogP contribution in [0.15, 0.2) is 28.7 Å². The van der Waals surface area contributed by atoms with Crippen LogP contribution in [-0.4, -0.2) is 16.6 Å². The molecule has 1 rings (SSSR count). The van der Waals surface area contributed by atoms with Gasteiger partial charge >= 0.3 is 0 Å². The molecule has 0 radical (unpaired) electrons. The van der Waals surface area contributed by atoms with E-state index < -0.39 is 17.6 Å². The van der Waals surface area contributed by atoms with E-state index in [9.17, 15) is 15.2 Å². The van der Waals surface area contributed by atoms with Crippen molar-refractivity contribution in [1.82, 2.24) is 0 Å². The van der Waals surface area contributed by atoms with Gasteiger partial charge in [-0.1, -0.05) is 34.1 Å². The van der Waals surface area contributed by atoms with Crippen LogP contribution in [-0.2, 0) is 0 Å². The van der Waals surface area contributed by atoms with E-state index in [1.165, 1.54) is 0 Å². The van der Waals surface area contributed by atoms with Crippen molar-refractivity contribution in [3.8, 4) is 0 Å². The zero-order valence-electron chi connectivity index (χ0n) is 6.68. The maximum absolute atomic E-state index is 10.1. The molecule has 0 bridgehead atoms. The first-order chi connectivity index (χ1) is 6.11. The normalized spacial score (nSPS) is 12.5. The minimum Gasteiger partial charge on any atom is -0.381 e. The van der Waals surface area contributed by atoms with Crippen LogP contribution in [0.1, 0.15) is 11.7 Å². The van der Waals surface area contributed by atoms with Gasteiger partial charge in [-0.15, -0.1) is 0 Å². The van der Waals surface area contributed by atoms with E-state index in [1.807, 2.05) is 0 Å². The van der Waals surface area contributed by atoms with Crippen molar-refractivity contribution in [3.05, 3.63) is 44.4 Å². The Morgan fingerprint density at radius 3 is 2.69 bits per heavy atom. The lowest BCUT2D eigenvalue weighted by Crippen LogP contribution is -2.12. The van der Waals surface area contributed by atoms with Gasteiger partial charge in [0.15, 0.2) is 0 Å². The first-order valence-corrected chi connectivity index (χ1v) is 4.45. The first-order valence-electron chi connectivity index (χ1n) is 3.65. The van der Waals surface area contributed by atoms with Gasteiger partial charge in [0, 0.05) is 15.0 Å². The van der Waals surface area contributed by atoms with Crippen molar-refractivity contribution in [1.29, 1.82) is 0 Å². The predicted octanol–water partition coefficient (Wildman–Crippen LogP) is 1.76. The predicted molar refractivity (Wildman–Crippen MR) is 51.0 cm³/mol. The first kappa shape index (κ1) is 10.1. The number of nitrogens with zero attached hydrogens (tertiary/aromatic N) is 1. The van der Waals surface area contributed by atoms with Crippen molar-refractivity contribution in [2.24, 2.45) is 0 Å². The minimum atomic E-state index is -1.05. The molecular formula is C8H8BrNO3. The molecule has 13 heavy (non-hydrogen) atoms. The molecule has 0 aliphatic heterocycles. The second-order valence-corrected chi connectivity index (χ2v) is 3.41. The molecule has 0 aliphatic carbocycles. The maximum Gasteiger partial charge on any atom is 0.233 e. The van der Waals surface area contributed by atoms with Gasteiger partial charge in [-0.2, -0.15) is 0 Å². The summed E-state index contributed by atoms with van der Waals surface area (Å²) in [4.78, 5) is 9.59. The molecule has 1 aromatic carbocycles. The van der Waals surface area contributed by atoms with Crippen molar-refractivity contribution in [3.63, 3.8) is 0 Å². The third kappa shape index (κ3) is 2.78. The summed E-state index contributed by atoms with van der Waals surface area (Å²) in [6.45, 7) is -0.470. The van der Waals surface area contributed by atoms with E-state index in [1.54, 1.807) is 24.3 Å². The van der Waals surface area contributed by atoms with Gasteiger partial charge in [-0.3, -0.25) is 10.1 Å². The lowest BCUT2D eigenvalue weighted by atomic mass is 10.1. The van der Waals surface area contributed by atoms with Crippen LogP contribution >= 0.6 is 15.9 Å². The molecule has 0 spiro atoms. The van der Waals surface area contributed by atoms with E-state index in [4.69, 9.17) is 0 Å². The molecule has 1 atom stereocenters. The number of halogens is 1. The van der Waals surface area contributed by atoms with Gasteiger partial charge < -0.3 is 5.11 Å². The number of hydrogen-bond acceptors (Lipinski definition) is 3. The Hall–Kier alpha value is -0.940. The van der Waals surface area contributed by atoms with Crippen LogP contribution in [0, 0.1) is 10.1 Å². The average molecular weight is 246 g/mol. The van der Waals surface area contributed by atoms with E-state index in [0.29, 0.717) is 10.0 Å². The number of aliphatic hydroxyl groups excluding tert-OH is 1. The number of aliphatic hydroxyl groups is 1. The molecule has 0 saturated carbocycles. The quantitative estimate of drug-likeness (QED) is 0.652. The Morgan fingerprint density at radius 1 is 1.54 bits per heavy atom. The molecule has 70 valence electrons. The third-order valence-corrected chi connectivity index (χ3v) is 2.31. The minimum absolute atomic E-state index is 0.470. The Kier molecular flexibility index (Phi) is 3.39. The molecule has 0 fully saturated rings. The van der Waals surface area contributed by atoms with Gasteiger partial charge in [-0.05, 0) is 6.07 Å². The third-order valence-electron chi connectivity index (χ3n) is 1.59. The summed E-state index contributed by atoms with van der Waals surface area (Å²) in [5, 5.41) is 19.5. The van der Waals surface area contributed by atoms with Crippen LogP contribution in [0.4, 0.5) is 0 Å². The highest BCUT2D eigenvalue weighted by atomic mass is 79.9. The zero-order valence-corrected chi connectivity index (χ0v) is 8.27. The Bertz CT molecular complexity index is 316. The second-order valence-electron chi connectivity index (χ2n) is 2.55. The molecule has 0 saturated heterocycles. The highest BCUT2D eigenvalue weighted by Crippen LogP contribution is 2.22. The summed E-state index contributed by atoms with van der Waals surface area (Å²) in [5.41, 5.74) is 0.541. The molecule has 0 aliphatic rings. The lowest BCUT2D eigenvalue weighted by Gasteiger charge is -2.07. The topological polar surface area (TPSA) is 63.4 Å². The highest BCUT2D eigenvalue weighted by Gasteiger charge is 2.15. The van der Waals surface area contributed by atoms with Gasteiger partial charge in [0.1, 0.15) is 6.10 Å². The summed E-state index contributed by atoms with van der Waals surface area (Å²) < 4.78 is 0.685. The monoisotopic (exact) mass is 245 g/mol. The van der Waals surface area contributed by atoms with Crippen LogP contribution in [0.5, 0.6) is 0 Å². The summed E-state index contributed by atoms with van der Waals surface area (Å²) in [7, 11) is 0. The molecule has 0 amide bonds. The van der Waals surface area contributed by atoms with Gasteiger partial charge in [-0.25, -0.2) is 0 Å². The summed E-state index contributed by atoms with van der Waals surface area (Å²) in [6.07, 6.45) is -1.05. The van der Waals surface area contributed by atoms with E-state index in [-0.39, 0.29) is 0 Å². The fourth-order valence-electron chi connectivity index (χ4n) is 0.985. The summed E-state index contributed by atoms with van der Waals surface area (Å²) in [6, 6.07) is 6.90. The molecule has 1 N–H and O–H groups in total. The summed E-state index contributed by atoms with van der Waals surface area (Å²) in [5.74, 6) is 0. The Morgan fingerprint density at radius 2 is 2.15 bits per heavy atom. The van der Waals surface area contributed by atoms with E-state index in [0.717, 1.165) is 0 Å². The van der Waals surface area contributed by atoms with Crippen LogP contribution in [0.25, 0.3) is 0 Å². The van der Waals surface area contributed by atoms with Crippen LogP contribution < -0.4 is 0 Å². The largest absolute Gasteiger partial charge is 0.381 e. The molecule has 1 aromatic rings. The summed E-state index contributed by atoms with van der Waals surface area (Å²) >= 11 is 3.20. The van der Waals surface area contributed by atoms with E-state index in [2.05, 4.69) is 15.9 Å². The Labute approximate surface area is 83.5 Å². The smallest absolute Gasteiger partial charge is 0.233 e. The van der Waals surface area contributed by atoms with Gasteiger partial charge in [0.2, 0.25) is 6.54 Å². The van der Waals surface area contributed by atoms with Crippen LogP contribution in [0.2, 0.25) is 0 Å². The molecule has 5 heteroatoms. The van der Waals surface area contributed by atoms with Crippen molar-refractivity contribution < 1.29 is 10.0 Å². The second kappa shape index (κ2) is 4.34. The van der Waals surface area contributed by atoms with E-state index >= 15 is 0 Å². The molecule has 0 unspecified atom stereocenters. The van der Waals surface area contributed by atoms with Crippen LogP contribution in [0.3, 0.4) is 0 Å². The fourth-order valence-corrected chi connectivity index (χ4v) is 1.53. The molecule has 0 heterocycles. The van der Waals surface area contributed by atoms with Crippen molar-refractivity contribution in [2.45, 2.75) is 6.10 Å². The van der Waals surface area contributed by atoms with Gasteiger partial charge in [0.05, 0.1) is 0 Å². The highest BCUT2D eigenvalue weighted by molar-refractivity contribution is 9.10. The number of rotatable bonds is 3. The standard InChI is InChI=1S/C8H8BrNO3/c9-7-4-2-1-3-6(7)8(11)5-10(12)13/h1-4,8,11H,5H2/t8-/m0/s1. The lowest BCUT2D eigenvalue weighted by molar-refractivity contribution is -0.491. The number of hydrogen-bond donors (Lipinski definition) is 1. The van der Waals surface area contributed by atoms with Crippen molar-refractivity contribution in [2.75, 3.05) is 6.54 Å². The van der Waals surface area contributed by atoms with Crippen molar-refractivity contribution >= 4 is 15.9 Å². The Balaban J connectivity index is 2.82. The zero-order chi connectivity index (χ0) is 9.84. The SMILES string of the molecule is O=[N+]([O-])C[C@H](O)c1ccccc1Br. The number of benzene rings is 1. The number of nitro groups is 1. The molecular weight excluding hydrogens is 238 g/mol.